The molecule has 3 aromatic rings. The minimum Gasteiger partial charge on any atom is -0.493 e. The van der Waals surface area contributed by atoms with Crippen LogP contribution in [-0.4, -0.2) is 28.8 Å². The van der Waals surface area contributed by atoms with E-state index in [9.17, 15) is 0 Å². The van der Waals surface area contributed by atoms with Gasteiger partial charge in [0.15, 0.2) is 17.1 Å². The lowest BCUT2D eigenvalue weighted by Gasteiger charge is -2.12. The molecular formula is C15H16N4O2. The first-order valence-electron chi connectivity index (χ1n) is 6.45. The number of ether oxygens (including phenoxy) is 2. The molecule has 21 heavy (non-hydrogen) atoms. The van der Waals surface area contributed by atoms with Crippen LogP contribution in [0.3, 0.4) is 0 Å². The fourth-order valence-electron chi connectivity index (χ4n) is 2.36. The monoisotopic (exact) mass is 284 g/mol. The molecule has 0 unspecified atom stereocenters. The second-order valence-corrected chi connectivity index (χ2v) is 4.64. The molecule has 0 aliphatic heterocycles. The number of hydrogen-bond acceptors (Lipinski definition) is 5. The van der Waals surface area contributed by atoms with Gasteiger partial charge in [0.2, 0.25) is 0 Å². The van der Waals surface area contributed by atoms with Gasteiger partial charge in [0, 0.05) is 30.6 Å². The van der Waals surface area contributed by atoms with E-state index in [1.54, 1.807) is 26.5 Å². The highest BCUT2D eigenvalue weighted by Gasteiger charge is 2.16. The number of anilines is 1. The smallest absolute Gasteiger partial charge is 0.178 e. The number of imidazole rings is 1. The first-order valence-corrected chi connectivity index (χ1v) is 6.45. The van der Waals surface area contributed by atoms with Crippen LogP contribution in [0.1, 0.15) is 0 Å². The topological polar surface area (TPSA) is 75.2 Å². The van der Waals surface area contributed by atoms with Gasteiger partial charge in [0.1, 0.15) is 5.82 Å². The zero-order chi connectivity index (χ0) is 15.0. The highest BCUT2D eigenvalue weighted by Crippen LogP contribution is 2.37. The Morgan fingerprint density at radius 2 is 1.86 bits per heavy atom. The van der Waals surface area contributed by atoms with Crippen molar-refractivity contribution in [3.8, 4) is 22.9 Å². The summed E-state index contributed by atoms with van der Waals surface area (Å²) < 4.78 is 12.5. The summed E-state index contributed by atoms with van der Waals surface area (Å²) in [6, 6.07) is 7.41. The van der Waals surface area contributed by atoms with Crippen molar-refractivity contribution >= 4 is 16.9 Å². The Bertz CT molecular complexity index is 811. The predicted octanol–water partition coefficient (Wildman–Crippen LogP) is 2.23. The van der Waals surface area contributed by atoms with Crippen LogP contribution in [0.25, 0.3) is 22.6 Å². The lowest BCUT2D eigenvalue weighted by Crippen LogP contribution is -1.99. The Morgan fingerprint density at radius 1 is 1.14 bits per heavy atom. The molecule has 2 N–H and O–H groups in total. The van der Waals surface area contributed by atoms with Crippen LogP contribution < -0.4 is 15.2 Å². The van der Waals surface area contributed by atoms with E-state index in [4.69, 9.17) is 15.2 Å². The zero-order valence-electron chi connectivity index (χ0n) is 12.1. The van der Waals surface area contributed by atoms with Crippen LogP contribution in [0.5, 0.6) is 11.5 Å². The van der Waals surface area contributed by atoms with Crippen LogP contribution >= 0.6 is 0 Å². The third kappa shape index (κ3) is 2.05. The van der Waals surface area contributed by atoms with E-state index in [0.29, 0.717) is 22.8 Å². The van der Waals surface area contributed by atoms with E-state index in [0.717, 1.165) is 16.9 Å². The molecule has 0 fully saturated rings. The first kappa shape index (κ1) is 13.2. The van der Waals surface area contributed by atoms with Gasteiger partial charge in [0.05, 0.1) is 19.7 Å². The fourth-order valence-corrected chi connectivity index (χ4v) is 2.36. The average Bonchev–Trinajstić information content (AvgIpc) is 2.84. The maximum Gasteiger partial charge on any atom is 0.178 e. The van der Waals surface area contributed by atoms with Crippen LogP contribution in [0.2, 0.25) is 0 Å². The molecule has 6 heteroatoms. The highest BCUT2D eigenvalue weighted by atomic mass is 16.5. The molecule has 3 rings (SSSR count). The molecule has 0 bridgehead atoms. The maximum atomic E-state index is 6.13. The summed E-state index contributed by atoms with van der Waals surface area (Å²) >= 11 is 0. The lowest BCUT2D eigenvalue weighted by molar-refractivity contribution is 0.355. The van der Waals surface area contributed by atoms with Crippen LogP contribution in [0, 0.1) is 0 Å². The molecule has 108 valence electrons. The molecule has 0 aliphatic carbocycles. The second-order valence-electron chi connectivity index (χ2n) is 4.64. The SMILES string of the molecule is COc1cc(N)c(-c2nc3ncccc3n2C)cc1OC. The van der Waals surface area contributed by atoms with E-state index >= 15 is 0 Å². The quantitative estimate of drug-likeness (QED) is 0.746. The lowest BCUT2D eigenvalue weighted by atomic mass is 10.1. The standard InChI is InChI=1S/C15H16N4O2/c1-19-11-5-4-6-17-14(11)18-15(19)9-7-12(20-2)13(21-3)8-10(9)16/h4-8H,16H2,1-3H3. The van der Waals surface area contributed by atoms with Crippen molar-refractivity contribution in [2.45, 2.75) is 0 Å². The zero-order valence-corrected chi connectivity index (χ0v) is 12.1. The van der Waals surface area contributed by atoms with Crippen LogP contribution in [0.15, 0.2) is 30.5 Å². The predicted molar refractivity (Wildman–Crippen MR) is 81.5 cm³/mol. The molecule has 0 spiro atoms. The maximum absolute atomic E-state index is 6.13. The third-order valence-corrected chi connectivity index (χ3v) is 3.45. The van der Waals surface area contributed by atoms with E-state index < -0.39 is 0 Å². The first-order chi connectivity index (χ1) is 10.2. The van der Waals surface area contributed by atoms with Gasteiger partial charge in [-0.05, 0) is 18.2 Å². The van der Waals surface area contributed by atoms with Gasteiger partial charge in [0.25, 0.3) is 0 Å². The highest BCUT2D eigenvalue weighted by molar-refractivity contribution is 5.82. The van der Waals surface area contributed by atoms with Gasteiger partial charge in [-0.15, -0.1) is 0 Å². The number of fused-ring (bicyclic) bond motifs is 1. The summed E-state index contributed by atoms with van der Waals surface area (Å²) in [4.78, 5) is 8.82. The Balaban J connectivity index is 2.25. The summed E-state index contributed by atoms with van der Waals surface area (Å²) in [6.07, 6.45) is 1.72. The normalized spacial score (nSPS) is 10.8. The van der Waals surface area contributed by atoms with E-state index in [1.807, 2.05) is 29.8 Å². The molecule has 0 saturated carbocycles. The van der Waals surface area contributed by atoms with Gasteiger partial charge in [-0.3, -0.25) is 0 Å². The number of aromatic nitrogens is 3. The number of pyridine rings is 1. The number of nitrogens with two attached hydrogens (primary N) is 1. The number of benzene rings is 1. The summed E-state index contributed by atoms with van der Waals surface area (Å²) in [6.45, 7) is 0. The van der Waals surface area contributed by atoms with Gasteiger partial charge >= 0.3 is 0 Å². The Kier molecular flexibility index (Phi) is 3.13. The van der Waals surface area contributed by atoms with Crippen molar-refractivity contribution in [1.82, 2.24) is 14.5 Å². The van der Waals surface area contributed by atoms with Crippen molar-refractivity contribution in [2.75, 3.05) is 20.0 Å². The van der Waals surface area contributed by atoms with Crippen LogP contribution in [0.4, 0.5) is 5.69 Å². The van der Waals surface area contributed by atoms with Crippen molar-refractivity contribution in [3.05, 3.63) is 30.5 Å². The Labute approximate surface area is 122 Å². The van der Waals surface area contributed by atoms with Gasteiger partial charge in [-0.25, -0.2) is 9.97 Å². The molecule has 6 nitrogen and oxygen atoms in total. The summed E-state index contributed by atoms with van der Waals surface area (Å²) in [7, 11) is 5.10. The number of hydrogen-bond donors (Lipinski definition) is 1. The Morgan fingerprint density at radius 3 is 2.52 bits per heavy atom. The molecule has 0 aliphatic rings. The fraction of sp³-hybridized carbons (Fsp3) is 0.200. The molecular weight excluding hydrogens is 268 g/mol. The van der Waals surface area contributed by atoms with Gasteiger partial charge < -0.3 is 19.8 Å². The van der Waals surface area contributed by atoms with Crippen molar-refractivity contribution in [1.29, 1.82) is 0 Å². The molecule has 2 heterocycles. The van der Waals surface area contributed by atoms with Crippen molar-refractivity contribution in [3.63, 3.8) is 0 Å². The summed E-state index contributed by atoms with van der Waals surface area (Å²) in [5.74, 6) is 1.94. The molecule has 0 amide bonds. The van der Waals surface area contributed by atoms with Crippen molar-refractivity contribution < 1.29 is 9.47 Å². The number of nitrogen functional groups attached to an aromatic ring is 1. The molecule has 0 atom stereocenters. The summed E-state index contributed by atoms with van der Waals surface area (Å²) in [5, 5.41) is 0. The van der Waals surface area contributed by atoms with Gasteiger partial charge in [-0.1, -0.05) is 0 Å². The minimum atomic E-state index is 0.575. The molecule has 0 saturated heterocycles. The number of rotatable bonds is 3. The Hall–Kier alpha value is -2.76. The summed E-state index contributed by atoms with van der Waals surface area (Å²) in [5.41, 5.74) is 9.12. The average molecular weight is 284 g/mol. The minimum absolute atomic E-state index is 0.575. The van der Waals surface area contributed by atoms with E-state index in [2.05, 4.69) is 9.97 Å². The molecule has 0 radical (unpaired) electrons. The largest absolute Gasteiger partial charge is 0.493 e. The second kappa shape index (κ2) is 4.97. The van der Waals surface area contributed by atoms with E-state index in [1.165, 1.54) is 0 Å². The van der Waals surface area contributed by atoms with Crippen molar-refractivity contribution in [2.24, 2.45) is 7.05 Å². The number of aryl methyl sites for hydroxylation is 1. The molecule has 1 aromatic carbocycles. The van der Waals surface area contributed by atoms with E-state index in [-0.39, 0.29) is 0 Å². The van der Waals surface area contributed by atoms with Crippen LogP contribution in [-0.2, 0) is 7.05 Å². The number of nitrogens with zero attached hydrogens (tertiary/aromatic N) is 3. The third-order valence-electron chi connectivity index (χ3n) is 3.45. The number of methoxy groups -OCH3 is 2. The molecule has 2 aromatic heterocycles. The van der Waals surface area contributed by atoms with Gasteiger partial charge in [-0.2, -0.15) is 0 Å².